The van der Waals surface area contributed by atoms with Gasteiger partial charge < -0.3 is 15.4 Å². The highest BCUT2D eigenvalue weighted by Gasteiger charge is 1.89. The van der Waals surface area contributed by atoms with Gasteiger partial charge in [-0.1, -0.05) is 6.92 Å². The molecule has 0 atom stereocenters. The van der Waals surface area contributed by atoms with E-state index >= 15 is 0 Å². The van der Waals surface area contributed by atoms with Crippen molar-refractivity contribution in [3.05, 3.63) is 0 Å². The molecule has 0 aliphatic carbocycles. The van der Waals surface area contributed by atoms with E-state index in [1.807, 2.05) is 6.92 Å². The van der Waals surface area contributed by atoms with E-state index in [0.29, 0.717) is 0 Å². The lowest BCUT2D eigenvalue weighted by molar-refractivity contribution is 0.143. The monoisotopic (exact) mass is 202 g/mol. The normalized spacial score (nSPS) is 10.7. The van der Waals surface area contributed by atoms with Gasteiger partial charge in [0.1, 0.15) is 0 Å². The third-order valence-electron chi connectivity index (χ3n) is 2.00. The lowest BCUT2D eigenvalue weighted by Gasteiger charge is -2.05. The molecule has 86 valence electrons. The number of hydrogen-bond acceptors (Lipinski definition) is 3. The van der Waals surface area contributed by atoms with E-state index in [-0.39, 0.29) is 0 Å². The average molecular weight is 202 g/mol. The summed E-state index contributed by atoms with van der Waals surface area (Å²) in [4.78, 5) is 0. The number of hydrogen-bond donors (Lipinski definition) is 2. The molecule has 0 heterocycles. The van der Waals surface area contributed by atoms with E-state index in [1.165, 1.54) is 19.3 Å². The molecule has 0 bridgehead atoms. The van der Waals surface area contributed by atoms with Crippen molar-refractivity contribution < 1.29 is 4.74 Å². The summed E-state index contributed by atoms with van der Waals surface area (Å²) in [6.07, 6.45) is 3.60. The summed E-state index contributed by atoms with van der Waals surface area (Å²) in [5, 5.41) is 6.76. The third-order valence-corrected chi connectivity index (χ3v) is 2.00. The fourth-order valence-electron chi connectivity index (χ4n) is 1.20. The maximum Gasteiger partial charge on any atom is 0.0466 e. The minimum absolute atomic E-state index is 0.842. The highest BCUT2D eigenvalue weighted by Crippen LogP contribution is 1.87. The second-order valence-electron chi connectivity index (χ2n) is 3.40. The van der Waals surface area contributed by atoms with Crippen molar-refractivity contribution >= 4 is 0 Å². The zero-order chi connectivity index (χ0) is 10.5. The standard InChI is InChI=1S/C11H26N2O/c1-3-7-12-9-10-13-8-5-6-11-14-4-2/h12-13H,3-11H2,1-2H3. The molecule has 0 aromatic carbocycles. The van der Waals surface area contributed by atoms with Crippen LogP contribution < -0.4 is 10.6 Å². The molecule has 14 heavy (non-hydrogen) atoms. The van der Waals surface area contributed by atoms with E-state index in [0.717, 1.165) is 39.4 Å². The van der Waals surface area contributed by atoms with Crippen LogP contribution in [0.5, 0.6) is 0 Å². The Kier molecular flexibility index (Phi) is 12.8. The predicted octanol–water partition coefficient (Wildman–Crippen LogP) is 1.39. The van der Waals surface area contributed by atoms with Crippen molar-refractivity contribution in [1.29, 1.82) is 0 Å². The second-order valence-corrected chi connectivity index (χ2v) is 3.40. The summed E-state index contributed by atoms with van der Waals surface area (Å²) in [6, 6.07) is 0. The van der Waals surface area contributed by atoms with Crippen molar-refractivity contribution in [2.24, 2.45) is 0 Å². The van der Waals surface area contributed by atoms with Crippen LogP contribution in [-0.4, -0.2) is 39.4 Å². The Morgan fingerprint density at radius 3 is 2.21 bits per heavy atom. The third kappa shape index (κ3) is 11.9. The first kappa shape index (κ1) is 13.9. The Balaban J connectivity index is 2.78. The molecular formula is C11H26N2O. The molecule has 0 saturated carbocycles. The lowest BCUT2D eigenvalue weighted by Crippen LogP contribution is -2.28. The van der Waals surface area contributed by atoms with Crippen LogP contribution in [0.3, 0.4) is 0 Å². The largest absolute Gasteiger partial charge is 0.382 e. The molecule has 2 N–H and O–H groups in total. The van der Waals surface area contributed by atoms with Crippen LogP contribution >= 0.6 is 0 Å². The van der Waals surface area contributed by atoms with Gasteiger partial charge in [-0.15, -0.1) is 0 Å². The molecule has 3 heteroatoms. The molecule has 0 aliphatic heterocycles. The molecule has 0 fully saturated rings. The SMILES string of the molecule is CCCNCCNCCCCOCC. The lowest BCUT2D eigenvalue weighted by atomic mass is 10.3. The Morgan fingerprint density at radius 1 is 0.857 bits per heavy atom. The Bertz CT molecular complexity index is 87.3. The summed E-state index contributed by atoms with van der Waals surface area (Å²) in [6.45, 7) is 10.4. The van der Waals surface area contributed by atoms with Crippen LogP contribution in [0.1, 0.15) is 33.1 Å². The van der Waals surface area contributed by atoms with Crippen molar-refractivity contribution in [1.82, 2.24) is 10.6 Å². The fraction of sp³-hybridized carbons (Fsp3) is 1.00. The van der Waals surface area contributed by atoms with Crippen LogP contribution in [-0.2, 0) is 4.74 Å². The van der Waals surface area contributed by atoms with E-state index < -0.39 is 0 Å². The van der Waals surface area contributed by atoms with Gasteiger partial charge in [0.2, 0.25) is 0 Å². The van der Waals surface area contributed by atoms with Gasteiger partial charge in [0.25, 0.3) is 0 Å². The maximum absolute atomic E-state index is 5.25. The van der Waals surface area contributed by atoms with Crippen molar-refractivity contribution in [3.8, 4) is 0 Å². The number of ether oxygens (including phenoxy) is 1. The van der Waals surface area contributed by atoms with Crippen LogP contribution in [0.4, 0.5) is 0 Å². The highest BCUT2D eigenvalue weighted by molar-refractivity contribution is 4.51. The van der Waals surface area contributed by atoms with Gasteiger partial charge in [0.05, 0.1) is 0 Å². The molecule has 0 radical (unpaired) electrons. The summed E-state index contributed by atoms with van der Waals surface area (Å²) in [5.74, 6) is 0. The second kappa shape index (κ2) is 12.9. The predicted molar refractivity (Wildman–Crippen MR) is 61.8 cm³/mol. The maximum atomic E-state index is 5.25. The van der Waals surface area contributed by atoms with Crippen molar-refractivity contribution in [3.63, 3.8) is 0 Å². The van der Waals surface area contributed by atoms with Crippen molar-refractivity contribution in [2.75, 3.05) is 39.4 Å². The molecule has 0 aromatic heterocycles. The molecule has 0 aliphatic rings. The van der Waals surface area contributed by atoms with Crippen LogP contribution in [0, 0.1) is 0 Å². The van der Waals surface area contributed by atoms with Gasteiger partial charge in [-0.3, -0.25) is 0 Å². The van der Waals surface area contributed by atoms with E-state index in [1.54, 1.807) is 0 Å². The van der Waals surface area contributed by atoms with E-state index in [2.05, 4.69) is 17.6 Å². The smallest absolute Gasteiger partial charge is 0.0466 e. The molecule has 0 rings (SSSR count). The van der Waals surface area contributed by atoms with Gasteiger partial charge in [-0.2, -0.15) is 0 Å². The average Bonchev–Trinajstić information content (AvgIpc) is 2.21. The van der Waals surface area contributed by atoms with E-state index in [9.17, 15) is 0 Å². The topological polar surface area (TPSA) is 33.3 Å². The van der Waals surface area contributed by atoms with Crippen molar-refractivity contribution in [2.45, 2.75) is 33.1 Å². The summed E-state index contributed by atoms with van der Waals surface area (Å²) < 4.78 is 5.25. The number of nitrogens with one attached hydrogen (secondary N) is 2. The molecule has 0 spiro atoms. The first-order chi connectivity index (χ1) is 6.91. The summed E-state index contributed by atoms with van der Waals surface area (Å²) in [5.41, 5.74) is 0. The van der Waals surface area contributed by atoms with Gasteiger partial charge >= 0.3 is 0 Å². The summed E-state index contributed by atoms with van der Waals surface area (Å²) in [7, 11) is 0. The molecule has 0 saturated heterocycles. The molecule has 0 amide bonds. The molecule has 0 unspecified atom stereocenters. The number of unbranched alkanes of at least 4 members (excludes halogenated alkanes) is 1. The Morgan fingerprint density at radius 2 is 1.57 bits per heavy atom. The molecule has 0 aromatic rings. The fourth-order valence-corrected chi connectivity index (χ4v) is 1.20. The Labute approximate surface area is 88.6 Å². The highest BCUT2D eigenvalue weighted by atomic mass is 16.5. The zero-order valence-electron chi connectivity index (χ0n) is 9.77. The summed E-state index contributed by atoms with van der Waals surface area (Å²) >= 11 is 0. The molecule has 3 nitrogen and oxygen atoms in total. The quantitative estimate of drug-likeness (QED) is 0.497. The Hall–Kier alpha value is -0.120. The first-order valence-corrected chi connectivity index (χ1v) is 5.91. The minimum Gasteiger partial charge on any atom is -0.382 e. The minimum atomic E-state index is 0.842. The van der Waals surface area contributed by atoms with Crippen LogP contribution in [0.25, 0.3) is 0 Å². The van der Waals surface area contributed by atoms with Crippen LogP contribution in [0.2, 0.25) is 0 Å². The van der Waals surface area contributed by atoms with Gasteiger partial charge in [0, 0.05) is 26.3 Å². The first-order valence-electron chi connectivity index (χ1n) is 5.91. The van der Waals surface area contributed by atoms with Crippen LogP contribution in [0.15, 0.2) is 0 Å². The zero-order valence-corrected chi connectivity index (χ0v) is 9.77. The molecular weight excluding hydrogens is 176 g/mol. The number of rotatable bonds is 11. The van der Waals surface area contributed by atoms with E-state index in [4.69, 9.17) is 4.74 Å². The van der Waals surface area contributed by atoms with Gasteiger partial charge in [0.15, 0.2) is 0 Å². The van der Waals surface area contributed by atoms with Gasteiger partial charge in [-0.25, -0.2) is 0 Å². The van der Waals surface area contributed by atoms with Gasteiger partial charge in [-0.05, 0) is 39.3 Å².